The van der Waals surface area contributed by atoms with E-state index in [0.29, 0.717) is 24.9 Å². The molecular weight excluding hydrogens is 324 g/mol. The van der Waals surface area contributed by atoms with Crippen LogP contribution in [0.2, 0.25) is 0 Å². The predicted octanol–water partition coefficient (Wildman–Crippen LogP) is 3.13. The molecule has 1 fully saturated rings. The third-order valence-corrected chi connectivity index (χ3v) is 4.18. The van der Waals surface area contributed by atoms with Crippen molar-refractivity contribution in [1.29, 1.82) is 0 Å². The summed E-state index contributed by atoms with van der Waals surface area (Å²) in [7, 11) is 0. The molecule has 1 aromatic rings. The zero-order chi connectivity index (χ0) is 14.7. The number of carbonyl (C=O) groups is 2. The lowest BCUT2D eigenvalue weighted by molar-refractivity contribution is -0.141. The molecule has 0 heterocycles. The first-order valence-electron chi connectivity index (χ1n) is 6.52. The average Bonchev–Trinajstić information content (AvgIpc) is 2.82. The Morgan fingerprint density at radius 2 is 2.10 bits per heavy atom. The Morgan fingerprint density at radius 1 is 1.35 bits per heavy atom. The fourth-order valence-electron chi connectivity index (χ4n) is 2.42. The molecule has 2 amide bonds. The van der Waals surface area contributed by atoms with Crippen LogP contribution in [0.1, 0.15) is 24.8 Å². The Balaban J connectivity index is 1.90. The molecule has 0 radical (unpaired) electrons. The molecule has 0 aromatic heterocycles. The highest BCUT2D eigenvalue weighted by atomic mass is 79.9. The van der Waals surface area contributed by atoms with Crippen molar-refractivity contribution in [2.75, 3.05) is 5.32 Å². The zero-order valence-electron chi connectivity index (χ0n) is 11.1. The number of aliphatic carboxylic acids is 1. The number of hydrogen-bond acceptors (Lipinski definition) is 2. The van der Waals surface area contributed by atoms with Gasteiger partial charge in [0, 0.05) is 10.5 Å². The molecule has 1 saturated carbocycles. The minimum atomic E-state index is -0.781. The van der Waals surface area contributed by atoms with Crippen molar-refractivity contribution in [2.45, 2.75) is 32.2 Å². The van der Waals surface area contributed by atoms with E-state index in [0.717, 1.165) is 10.0 Å². The summed E-state index contributed by atoms with van der Waals surface area (Å²) in [6.45, 7) is 1.95. The number of urea groups is 1. The maximum Gasteiger partial charge on any atom is 0.319 e. The summed E-state index contributed by atoms with van der Waals surface area (Å²) in [5.74, 6) is -1.12. The second kappa shape index (κ2) is 6.26. The molecule has 3 N–H and O–H groups in total. The summed E-state index contributed by atoms with van der Waals surface area (Å²) in [6, 6.07) is 5.33. The fourth-order valence-corrected chi connectivity index (χ4v) is 2.76. The third kappa shape index (κ3) is 3.72. The number of carbonyl (C=O) groups excluding carboxylic acids is 1. The largest absolute Gasteiger partial charge is 0.481 e. The monoisotopic (exact) mass is 340 g/mol. The molecule has 20 heavy (non-hydrogen) atoms. The van der Waals surface area contributed by atoms with Gasteiger partial charge in [-0.2, -0.15) is 0 Å². The van der Waals surface area contributed by atoms with Crippen LogP contribution in [-0.2, 0) is 4.79 Å². The minimum absolute atomic E-state index is 0.0697. The van der Waals surface area contributed by atoms with Gasteiger partial charge in [0.25, 0.3) is 0 Å². The molecule has 2 atom stereocenters. The summed E-state index contributed by atoms with van der Waals surface area (Å²) in [5, 5.41) is 14.5. The van der Waals surface area contributed by atoms with Crippen LogP contribution in [0.3, 0.4) is 0 Å². The Kier molecular flexibility index (Phi) is 4.65. The number of carboxylic acids is 1. The lowest BCUT2D eigenvalue weighted by Gasteiger charge is -2.14. The van der Waals surface area contributed by atoms with Crippen LogP contribution in [0, 0.1) is 12.8 Å². The van der Waals surface area contributed by atoms with Crippen LogP contribution < -0.4 is 10.6 Å². The fraction of sp³-hybridized carbons (Fsp3) is 0.429. The quantitative estimate of drug-likeness (QED) is 0.790. The average molecular weight is 341 g/mol. The molecule has 1 aliphatic carbocycles. The molecule has 0 unspecified atom stereocenters. The van der Waals surface area contributed by atoms with Crippen LogP contribution in [-0.4, -0.2) is 23.1 Å². The Hall–Kier alpha value is -1.56. The van der Waals surface area contributed by atoms with E-state index in [4.69, 9.17) is 5.11 Å². The topological polar surface area (TPSA) is 78.4 Å². The molecule has 5 nitrogen and oxygen atoms in total. The minimum Gasteiger partial charge on any atom is -0.481 e. The van der Waals surface area contributed by atoms with Gasteiger partial charge >= 0.3 is 12.0 Å². The normalized spacial score (nSPS) is 21.5. The van der Waals surface area contributed by atoms with Crippen LogP contribution in [0.5, 0.6) is 0 Å². The van der Waals surface area contributed by atoms with Crippen LogP contribution in [0.4, 0.5) is 10.5 Å². The van der Waals surface area contributed by atoms with Gasteiger partial charge in [-0.1, -0.05) is 6.07 Å². The van der Waals surface area contributed by atoms with Gasteiger partial charge in [-0.25, -0.2) is 4.79 Å². The van der Waals surface area contributed by atoms with Gasteiger partial charge in [-0.15, -0.1) is 0 Å². The summed E-state index contributed by atoms with van der Waals surface area (Å²) < 4.78 is 0.813. The van der Waals surface area contributed by atoms with Crippen molar-refractivity contribution in [3.8, 4) is 0 Å². The van der Waals surface area contributed by atoms with Gasteiger partial charge < -0.3 is 15.7 Å². The van der Waals surface area contributed by atoms with E-state index in [1.165, 1.54) is 0 Å². The summed E-state index contributed by atoms with van der Waals surface area (Å²) >= 11 is 3.38. The molecule has 0 bridgehead atoms. The molecule has 1 aliphatic rings. The third-order valence-electron chi connectivity index (χ3n) is 3.49. The number of carboxylic acid groups (broad SMARTS) is 1. The summed E-state index contributed by atoms with van der Waals surface area (Å²) in [4.78, 5) is 22.8. The second-order valence-electron chi connectivity index (χ2n) is 5.13. The van der Waals surface area contributed by atoms with Crippen LogP contribution in [0.15, 0.2) is 22.7 Å². The van der Waals surface area contributed by atoms with Crippen LogP contribution >= 0.6 is 15.9 Å². The van der Waals surface area contributed by atoms with Gasteiger partial charge in [-0.05, 0) is 59.8 Å². The number of aryl methyl sites for hydroxylation is 1. The smallest absolute Gasteiger partial charge is 0.319 e. The van der Waals surface area contributed by atoms with Gasteiger partial charge in [-0.3, -0.25) is 4.79 Å². The van der Waals surface area contributed by atoms with Crippen molar-refractivity contribution in [2.24, 2.45) is 5.92 Å². The second-order valence-corrected chi connectivity index (χ2v) is 5.98. The van der Waals surface area contributed by atoms with Crippen molar-refractivity contribution in [3.63, 3.8) is 0 Å². The van der Waals surface area contributed by atoms with E-state index in [1.54, 1.807) is 0 Å². The van der Waals surface area contributed by atoms with Gasteiger partial charge in [0.15, 0.2) is 0 Å². The molecule has 2 rings (SSSR count). The van der Waals surface area contributed by atoms with Gasteiger partial charge in [0.2, 0.25) is 0 Å². The maximum atomic E-state index is 11.9. The predicted molar refractivity (Wildman–Crippen MR) is 79.8 cm³/mol. The molecule has 108 valence electrons. The van der Waals surface area contributed by atoms with E-state index >= 15 is 0 Å². The molecule has 0 saturated heterocycles. The standard InChI is InChI=1S/C14H17BrN2O3/c1-8-2-5-11(15)12(6-8)17-14(20)16-10-4-3-9(7-10)13(18)19/h2,5-6,9-10H,3-4,7H2,1H3,(H,18,19)(H2,16,17,20)/t9-,10+/m1/s1. The van der Waals surface area contributed by atoms with E-state index in [1.807, 2.05) is 25.1 Å². The maximum absolute atomic E-state index is 11.9. The Morgan fingerprint density at radius 3 is 2.75 bits per heavy atom. The first-order valence-corrected chi connectivity index (χ1v) is 7.31. The first kappa shape index (κ1) is 14.8. The summed E-state index contributed by atoms with van der Waals surface area (Å²) in [6.07, 6.45) is 1.82. The molecular formula is C14H17BrN2O3. The van der Waals surface area contributed by atoms with Crippen molar-refractivity contribution >= 4 is 33.6 Å². The lowest BCUT2D eigenvalue weighted by Crippen LogP contribution is -2.36. The van der Waals surface area contributed by atoms with Gasteiger partial charge in [0.1, 0.15) is 0 Å². The molecule has 0 aliphatic heterocycles. The summed E-state index contributed by atoms with van der Waals surface area (Å²) in [5.41, 5.74) is 1.76. The van der Waals surface area contributed by atoms with E-state index < -0.39 is 5.97 Å². The van der Waals surface area contributed by atoms with Crippen molar-refractivity contribution in [3.05, 3.63) is 28.2 Å². The Labute approximate surface area is 125 Å². The van der Waals surface area contributed by atoms with Crippen molar-refractivity contribution in [1.82, 2.24) is 5.32 Å². The zero-order valence-corrected chi connectivity index (χ0v) is 12.7. The number of hydrogen-bond donors (Lipinski definition) is 3. The number of anilines is 1. The number of halogens is 1. The molecule has 0 spiro atoms. The van der Waals surface area contributed by atoms with Crippen LogP contribution in [0.25, 0.3) is 0 Å². The number of nitrogens with one attached hydrogen (secondary N) is 2. The molecule has 1 aromatic carbocycles. The van der Waals surface area contributed by atoms with Gasteiger partial charge in [0.05, 0.1) is 11.6 Å². The highest BCUT2D eigenvalue weighted by Gasteiger charge is 2.30. The number of benzene rings is 1. The van der Waals surface area contributed by atoms with E-state index in [-0.39, 0.29) is 18.0 Å². The van der Waals surface area contributed by atoms with E-state index in [2.05, 4.69) is 26.6 Å². The number of rotatable bonds is 3. The molecule has 6 heteroatoms. The SMILES string of the molecule is Cc1ccc(Br)c(NC(=O)N[C@H]2CC[C@@H](C(=O)O)C2)c1. The Bertz CT molecular complexity index is 533. The number of amides is 2. The first-order chi connectivity index (χ1) is 9.45. The lowest BCUT2D eigenvalue weighted by atomic mass is 10.1. The van der Waals surface area contributed by atoms with Crippen molar-refractivity contribution < 1.29 is 14.7 Å². The highest BCUT2D eigenvalue weighted by molar-refractivity contribution is 9.10. The highest BCUT2D eigenvalue weighted by Crippen LogP contribution is 2.26. The van der Waals surface area contributed by atoms with E-state index in [9.17, 15) is 9.59 Å².